The molecule has 2 rings (SSSR count). The van der Waals surface area contributed by atoms with Gasteiger partial charge in [-0.3, -0.25) is 0 Å². The molecule has 0 atom stereocenters. The van der Waals surface area contributed by atoms with Crippen LogP contribution in [-0.2, 0) is 16.4 Å². The molecule has 6 nitrogen and oxygen atoms in total. The molecule has 0 radical (unpaired) electrons. The summed E-state index contributed by atoms with van der Waals surface area (Å²) in [5.41, 5.74) is 2.56. The Kier molecular flexibility index (Phi) is 4.86. The summed E-state index contributed by atoms with van der Waals surface area (Å²) in [6, 6.07) is 9.74. The zero-order valence-electron chi connectivity index (χ0n) is 11.3. The lowest BCUT2D eigenvalue weighted by Crippen LogP contribution is -2.23. The number of H-pyrrole nitrogens is 1. The van der Waals surface area contributed by atoms with Crippen molar-refractivity contribution in [2.24, 2.45) is 0 Å². The first-order chi connectivity index (χ1) is 9.62. The minimum absolute atomic E-state index is 0.141. The van der Waals surface area contributed by atoms with Gasteiger partial charge in [0.05, 0.1) is 5.75 Å². The van der Waals surface area contributed by atoms with Crippen LogP contribution in [0.3, 0.4) is 0 Å². The first-order valence-corrected chi connectivity index (χ1v) is 8.30. The minimum atomic E-state index is -2.93. The largest absolute Gasteiger partial charge is 0.310 e. The predicted molar refractivity (Wildman–Crippen MR) is 77.9 cm³/mol. The van der Waals surface area contributed by atoms with E-state index < -0.39 is 9.84 Å². The smallest absolute Gasteiger partial charge is 0.151 e. The van der Waals surface area contributed by atoms with Gasteiger partial charge in [0, 0.05) is 24.4 Å². The van der Waals surface area contributed by atoms with Crippen LogP contribution in [0, 0.1) is 0 Å². The van der Waals surface area contributed by atoms with Crippen molar-refractivity contribution >= 4 is 9.84 Å². The Labute approximate surface area is 118 Å². The van der Waals surface area contributed by atoms with E-state index in [2.05, 4.69) is 20.7 Å². The number of aromatic amines is 1. The predicted octanol–water partition coefficient (Wildman–Crippen LogP) is 0.996. The highest BCUT2D eigenvalue weighted by Crippen LogP contribution is 2.18. The second-order valence-electron chi connectivity index (χ2n) is 4.40. The van der Waals surface area contributed by atoms with Crippen molar-refractivity contribution in [1.29, 1.82) is 0 Å². The number of nitrogens with one attached hydrogen (secondary N) is 2. The quantitative estimate of drug-likeness (QED) is 0.744. The Morgan fingerprint density at radius 3 is 2.65 bits per heavy atom. The van der Waals surface area contributed by atoms with Crippen molar-refractivity contribution in [2.45, 2.75) is 13.5 Å². The van der Waals surface area contributed by atoms with Gasteiger partial charge in [-0.15, -0.1) is 0 Å². The first kappa shape index (κ1) is 14.7. The van der Waals surface area contributed by atoms with Crippen LogP contribution in [-0.4, -0.2) is 41.9 Å². The summed E-state index contributed by atoms with van der Waals surface area (Å²) < 4.78 is 22.7. The highest BCUT2D eigenvalue weighted by atomic mass is 32.2. The maximum absolute atomic E-state index is 11.4. The summed E-state index contributed by atoms with van der Waals surface area (Å²) in [6.45, 7) is 2.55. The molecular weight excluding hydrogens is 276 g/mol. The first-order valence-electron chi connectivity index (χ1n) is 6.48. The van der Waals surface area contributed by atoms with Crippen LogP contribution >= 0.6 is 0 Å². The van der Waals surface area contributed by atoms with Crippen molar-refractivity contribution in [2.75, 3.05) is 18.1 Å². The topological polar surface area (TPSA) is 87.7 Å². The van der Waals surface area contributed by atoms with Gasteiger partial charge in [0.2, 0.25) is 0 Å². The molecule has 0 saturated heterocycles. The highest BCUT2D eigenvalue weighted by molar-refractivity contribution is 7.91. The summed E-state index contributed by atoms with van der Waals surface area (Å²) in [6.07, 6.45) is 0. The van der Waals surface area contributed by atoms with Gasteiger partial charge < -0.3 is 5.32 Å². The van der Waals surface area contributed by atoms with Crippen LogP contribution in [0.4, 0.5) is 0 Å². The third kappa shape index (κ3) is 3.88. The number of rotatable bonds is 7. The van der Waals surface area contributed by atoms with Crippen molar-refractivity contribution in [3.05, 3.63) is 36.0 Å². The van der Waals surface area contributed by atoms with Gasteiger partial charge in [-0.2, -0.15) is 15.4 Å². The van der Waals surface area contributed by atoms with Crippen molar-refractivity contribution in [3.63, 3.8) is 0 Å². The summed E-state index contributed by atoms with van der Waals surface area (Å²) in [4.78, 5) is 0. The molecular formula is C13H18N4O2S. The average molecular weight is 294 g/mol. The van der Waals surface area contributed by atoms with Crippen LogP contribution in [0.2, 0.25) is 0 Å². The minimum Gasteiger partial charge on any atom is -0.310 e. The van der Waals surface area contributed by atoms with Gasteiger partial charge in [-0.25, -0.2) is 8.42 Å². The molecule has 0 aliphatic heterocycles. The third-order valence-electron chi connectivity index (χ3n) is 2.99. The average Bonchev–Trinajstić information content (AvgIpc) is 2.93. The summed E-state index contributed by atoms with van der Waals surface area (Å²) in [5.74, 6) is 0.315. The molecule has 1 heterocycles. The van der Waals surface area contributed by atoms with Crippen LogP contribution in [0.25, 0.3) is 11.3 Å². The third-order valence-corrected chi connectivity index (χ3v) is 4.70. The Hall–Kier alpha value is -1.73. The molecule has 1 aromatic heterocycles. The van der Waals surface area contributed by atoms with E-state index in [0.29, 0.717) is 13.1 Å². The molecule has 2 aromatic rings. The van der Waals surface area contributed by atoms with Crippen molar-refractivity contribution in [1.82, 2.24) is 20.7 Å². The van der Waals surface area contributed by atoms with E-state index in [0.717, 1.165) is 17.0 Å². The zero-order valence-corrected chi connectivity index (χ0v) is 12.2. The van der Waals surface area contributed by atoms with Gasteiger partial charge in [-0.05, 0) is 0 Å². The number of hydrogen-bond acceptors (Lipinski definition) is 5. The summed E-state index contributed by atoms with van der Waals surface area (Å²) >= 11 is 0. The van der Waals surface area contributed by atoms with Gasteiger partial charge in [0.25, 0.3) is 0 Å². The molecule has 0 amide bonds. The van der Waals surface area contributed by atoms with E-state index in [-0.39, 0.29) is 11.5 Å². The number of benzene rings is 1. The second kappa shape index (κ2) is 6.62. The standard InChI is InChI=1S/C13H18N4O2S/c1-2-20(18,19)9-8-14-10-12-13(16-17-15-12)11-6-4-3-5-7-11/h3-7,14H,2,8-10H2,1H3,(H,15,16,17). The van der Waals surface area contributed by atoms with E-state index in [4.69, 9.17) is 0 Å². The van der Waals surface area contributed by atoms with Crippen LogP contribution in [0.15, 0.2) is 30.3 Å². The number of nitrogens with zero attached hydrogens (tertiary/aromatic N) is 2. The van der Waals surface area contributed by atoms with Crippen LogP contribution in [0.1, 0.15) is 12.6 Å². The number of hydrogen-bond donors (Lipinski definition) is 2. The Bertz CT molecular complexity index is 637. The normalized spacial score (nSPS) is 11.7. The highest BCUT2D eigenvalue weighted by Gasteiger charge is 2.10. The zero-order chi connectivity index (χ0) is 14.4. The SMILES string of the molecule is CCS(=O)(=O)CCNCc1n[nH]nc1-c1ccccc1. The summed E-state index contributed by atoms with van der Waals surface area (Å²) in [7, 11) is -2.93. The lowest BCUT2D eigenvalue weighted by molar-refractivity contribution is 0.591. The van der Waals surface area contributed by atoms with Crippen molar-refractivity contribution < 1.29 is 8.42 Å². The molecule has 0 fully saturated rings. The second-order valence-corrected chi connectivity index (χ2v) is 6.87. The van der Waals surface area contributed by atoms with E-state index in [1.54, 1.807) is 6.92 Å². The lowest BCUT2D eigenvalue weighted by atomic mass is 10.1. The van der Waals surface area contributed by atoms with Gasteiger partial charge in [0.1, 0.15) is 11.4 Å². The fraction of sp³-hybridized carbons (Fsp3) is 0.385. The molecule has 108 valence electrons. The fourth-order valence-electron chi connectivity index (χ4n) is 1.78. The molecule has 2 N–H and O–H groups in total. The van der Waals surface area contributed by atoms with Crippen LogP contribution in [0.5, 0.6) is 0 Å². The Balaban J connectivity index is 1.94. The molecule has 1 aromatic carbocycles. The van der Waals surface area contributed by atoms with E-state index in [1.807, 2.05) is 30.3 Å². The molecule has 0 aliphatic rings. The maximum Gasteiger partial charge on any atom is 0.151 e. The van der Waals surface area contributed by atoms with Gasteiger partial charge in [0.15, 0.2) is 9.84 Å². The maximum atomic E-state index is 11.4. The number of aromatic nitrogens is 3. The molecule has 7 heteroatoms. The Morgan fingerprint density at radius 1 is 1.20 bits per heavy atom. The van der Waals surface area contributed by atoms with E-state index in [1.165, 1.54) is 0 Å². The molecule has 0 spiro atoms. The summed E-state index contributed by atoms with van der Waals surface area (Å²) in [5, 5.41) is 13.9. The monoisotopic (exact) mass is 294 g/mol. The molecule has 0 bridgehead atoms. The van der Waals surface area contributed by atoms with E-state index >= 15 is 0 Å². The van der Waals surface area contributed by atoms with E-state index in [9.17, 15) is 8.42 Å². The molecule has 0 saturated carbocycles. The van der Waals surface area contributed by atoms with Crippen molar-refractivity contribution in [3.8, 4) is 11.3 Å². The molecule has 20 heavy (non-hydrogen) atoms. The van der Waals surface area contributed by atoms with Gasteiger partial charge >= 0.3 is 0 Å². The Morgan fingerprint density at radius 2 is 1.95 bits per heavy atom. The molecule has 0 unspecified atom stereocenters. The number of sulfone groups is 1. The van der Waals surface area contributed by atoms with Crippen LogP contribution < -0.4 is 5.32 Å². The lowest BCUT2D eigenvalue weighted by Gasteiger charge is -2.04. The fourth-order valence-corrected chi connectivity index (χ4v) is 2.53. The van der Waals surface area contributed by atoms with Gasteiger partial charge in [-0.1, -0.05) is 37.3 Å². The molecule has 0 aliphatic carbocycles.